The molecule has 3 rings (SSSR count). The molecule has 10 heteroatoms. The summed E-state index contributed by atoms with van der Waals surface area (Å²) in [5.41, 5.74) is 0.798. The lowest BCUT2D eigenvalue weighted by molar-refractivity contribution is -0.162. The molecule has 3 amide bonds. The molecule has 0 aromatic heterocycles. The molecule has 3 heterocycles. The van der Waals surface area contributed by atoms with Crippen molar-refractivity contribution in [2.45, 2.75) is 38.0 Å². The summed E-state index contributed by atoms with van der Waals surface area (Å²) < 4.78 is 10.4. The normalized spacial score (nSPS) is 27.0. The van der Waals surface area contributed by atoms with Crippen LogP contribution in [0.3, 0.4) is 0 Å². The Kier molecular flexibility index (Phi) is 7.26. The van der Waals surface area contributed by atoms with Gasteiger partial charge in [0, 0.05) is 26.6 Å². The van der Waals surface area contributed by atoms with E-state index in [4.69, 9.17) is 9.47 Å². The fraction of sp³-hybridized carbons (Fsp3) is 0.565. The third-order valence-electron chi connectivity index (χ3n) is 6.37. The fourth-order valence-electron chi connectivity index (χ4n) is 4.89. The molecular weight excluding hydrogens is 430 g/mol. The smallest absolute Gasteiger partial charge is 0.410 e. The molecule has 0 radical (unpaired) electrons. The van der Waals surface area contributed by atoms with Crippen LogP contribution in [-0.2, 0) is 23.9 Å². The zero-order chi connectivity index (χ0) is 24.4. The van der Waals surface area contributed by atoms with Crippen LogP contribution in [0.15, 0.2) is 36.6 Å². The van der Waals surface area contributed by atoms with Gasteiger partial charge in [0.05, 0.1) is 18.1 Å². The van der Waals surface area contributed by atoms with Gasteiger partial charge in [0.15, 0.2) is 0 Å². The molecule has 1 N–H and O–H groups in total. The highest BCUT2D eigenvalue weighted by Gasteiger charge is 2.58. The predicted octanol–water partition coefficient (Wildman–Crippen LogP) is 0.683. The Balaban J connectivity index is 1.94. The van der Waals surface area contributed by atoms with Crippen molar-refractivity contribution >= 4 is 23.9 Å². The molecule has 180 valence electrons. The third kappa shape index (κ3) is 4.39. The first-order chi connectivity index (χ1) is 15.6. The maximum Gasteiger partial charge on any atom is 0.410 e. The van der Waals surface area contributed by atoms with E-state index in [1.54, 1.807) is 21.0 Å². The summed E-state index contributed by atoms with van der Waals surface area (Å²) in [6.45, 7) is 8.76. The minimum absolute atomic E-state index is 0.00508. The van der Waals surface area contributed by atoms with Crippen LogP contribution in [0.1, 0.15) is 19.8 Å². The van der Waals surface area contributed by atoms with E-state index < -0.39 is 30.1 Å². The van der Waals surface area contributed by atoms with Crippen LogP contribution in [0.4, 0.5) is 4.79 Å². The number of likely N-dealkylation sites (tertiary alicyclic amines) is 1. The number of likely N-dealkylation sites (N-methyl/N-ethyl adjacent to an activating group) is 1. The number of hydrogen-bond donors (Lipinski definition) is 1. The number of amides is 3. The molecule has 1 unspecified atom stereocenters. The predicted molar refractivity (Wildman–Crippen MR) is 117 cm³/mol. The summed E-state index contributed by atoms with van der Waals surface area (Å²) in [5.74, 6) is -2.22. The number of ether oxygens (including phenoxy) is 2. The highest BCUT2D eigenvalue weighted by Crippen LogP contribution is 2.48. The molecule has 0 bridgehead atoms. The Hall–Kier alpha value is -3.14. The van der Waals surface area contributed by atoms with Crippen molar-refractivity contribution in [2.75, 3.05) is 33.9 Å². The number of carbonyl (C=O) groups excluding carboxylic acids is 4. The Labute approximate surface area is 193 Å². The highest BCUT2D eigenvalue weighted by atomic mass is 16.6. The van der Waals surface area contributed by atoms with E-state index in [0.29, 0.717) is 12.0 Å². The number of esters is 1. The molecule has 0 aromatic rings. The summed E-state index contributed by atoms with van der Waals surface area (Å²) in [6.07, 6.45) is 2.01. The van der Waals surface area contributed by atoms with Crippen molar-refractivity contribution in [3.63, 3.8) is 0 Å². The summed E-state index contributed by atoms with van der Waals surface area (Å²) >= 11 is 0. The molecule has 10 nitrogen and oxygen atoms in total. The van der Waals surface area contributed by atoms with Crippen molar-refractivity contribution in [1.29, 1.82) is 0 Å². The van der Waals surface area contributed by atoms with Gasteiger partial charge in [0.2, 0.25) is 11.8 Å². The van der Waals surface area contributed by atoms with Crippen molar-refractivity contribution in [2.24, 2.45) is 11.8 Å². The number of rotatable bonds is 8. The van der Waals surface area contributed by atoms with E-state index in [1.165, 1.54) is 26.9 Å². The molecular formula is C23H31N3O7. The number of aliphatic hydroxyl groups is 1. The lowest BCUT2D eigenvalue weighted by Gasteiger charge is -2.44. The number of aliphatic hydroxyl groups excluding tert-OH is 1. The first kappa shape index (κ1) is 24.5. The van der Waals surface area contributed by atoms with Crippen molar-refractivity contribution in [3.05, 3.63) is 36.6 Å². The van der Waals surface area contributed by atoms with Gasteiger partial charge >= 0.3 is 12.1 Å². The lowest BCUT2D eigenvalue weighted by atomic mass is 9.81. The van der Waals surface area contributed by atoms with Crippen molar-refractivity contribution < 1.29 is 33.8 Å². The van der Waals surface area contributed by atoms with Crippen LogP contribution in [0.25, 0.3) is 0 Å². The van der Waals surface area contributed by atoms with Crippen LogP contribution >= 0.6 is 0 Å². The van der Waals surface area contributed by atoms with Gasteiger partial charge in [-0.1, -0.05) is 25.3 Å². The fourth-order valence-corrected chi connectivity index (χ4v) is 4.89. The Bertz CT molecular complexity index is 894. The number of nitrogens with zero attached hydrogens (tertiary/aromatic N) is 3. The zero-order valence-corrected chi connectivity index (χ0v) is 19.2. The molecule has 0 aromatic carbocycles. The Morgan fingerprint density at radius 1 is 1.21 bits per heavy atom. The Morgan fingerprint density at radius 3 is 2.42 bits per heavy atom. The maximum atomic E-state index is 12.9. The summed E-state index contributed by atoms with van der Waals surface area (Å²) in [5, 5.41) is 10.1. The molecule has 33 heavy (non-hydrogen) atoms. The quantitative estimate of drug-likeness (QED) is 0.321. The second kappa shape index (κ2) is 9.78. The largest absolute Gasteiger partial charge is 0.457 e. The zero-order valence-electron chi connectivity index (χ0n) is 19.2. The minimum atomic E-state index is -0.861. The van der Waals surface area contributed by atoms with E-state index in [1.807, 2.05) is 0 Å². The first-order valence-electron chi connectivity index (χ1n) is 10.9. The topological polar surface area (TPSA) is 117 Å². The molecule has 0 saturated carbocycles. The molecule has 5 atom stereocenters. The molecule has 2 saturated heterocycles. The van der Waals surface area contributed by atoms with Gasteiger partial charge < -0.3 is 24.4 Å². The van der Waals surface area contributed by atoms with Crippen LogP contribution < -0.4 is 0 Å². The monoisotopic (exact) mass is 461 g/mol. The Morgan fingerprint density at radius 2 is 1.85 bits per heavy atom. The average Bonchev–Trinajstić information content (AvgIpc) is 3.34. The van der Waals surface area contributed by atoms with E-state index >= 15 is 0 Å². The van der Waals surface area contributed by atoms with E-state index in [2.05, 4.69) is 13.2 Å². The van der Waals surface area contributed by atoms with Crippen molar-refractivity contribution in [3.8, 4) is 0 Å². The minimum Gasteiger partial charge on any atom is -0.457 e. The van der Waals surface area contributed by atoms with Gasteiger partial charge in [-0.2, -0.15) is 0 Å². The average molecular weight is 462 g/mol. The van der Waals surface area contributed by atoms with Crippen LogP contribution in [0.5, 0.6) is 0 Å². The van der Waals surface area contributed by atoms with Gasteiger partial charge in [-0.15, -0.1) is 0 Å². The van der Waals surface area contributed by atoms with Gasteiger partial charge in [-0.05, 0) is 25.3 Å². The molecule has 3 aliphatic heterocycles. The SMILES string of the molecule is C=CCOC(=O)C1=C(C2C[C@@H](C(=O)N(C)C)N(C(=O)OCC=C)C2)C[C@@H]2[C@@H]([C@@H](C)O)C(=O)N12. The van der Waals surface area contributed by atoms with Crippen LogP contribution in [-0.4, -0.2) is 95.7 Å². The number of fused-ring (bicyclic) bond motifs is 1. The van der Waals surface area contributed by atoms with Crippen molar-refractivity contribution in [1.82, 2.24) is 14.7 Å². The van der Waals surface area contributed by atoms with Crippen LogP contribution in [0, 0.1) is 11.8 Å². The molecule has 2 fully saturated rings. The molecule has 0 spiro atoms. The van der Waals surface area contributed by atoms with Gasteiger partial charge in [0.1, 0.15) is 25.0 Å². The summed E-state index contributed by atoms with van der Waals surface area (Å²) in [6, 6.07) is -1.12. The number of carbonyl (C=O) groups is 4. The standard InChI is InChI=1S/C23H31N3O7/c1-6-8-32-22(30)19-15(11-16-18(13(3)27)21(29)26(16)19)14-10-17(20(28)24(4)5)25(12-14)23(31)33-9-7-2/h6-7,13-14,16-18,27H,1-2,8-12H2,3-5H3/t13-,14?,16-,17+,18-/m1/s1. The summed E-state index contributed by atoms with van der Waals surface area (Å²) in [7, 11) is 3.21. The van der Waals surface area contributed by atoms with Gasteiger partial charge in [0.25, 0.3) is 0 Å². The van der Waals surface area contributed by atoms with E-state index in [0.717, 1.165) is 0 Å². The van der Waals surface area contributed by atoms with Crippen LogP contribution in [0.2, 0.25) is 0 Å². The van der Waals surface area contributed by atoms with E-state index in [9.17, 15) is 24.3 Å². The third-order valence-corrected chi connectivity index (χ3v) is 6.37. The number of hydrogen-bond acceptors (Lipinski definition) is 7. The maximum absolute atomic E-state index is 12.9. The van der Waals surface area contributed by atoms with E-state index in [-0.39, 0.29) is 55.7 Å². The van der Waals surface area contributed by atoms with Gasteiger partial charge in [-0.3, -0.25) is 14.5 Å². The molecule has 3 aliphatic rings. The number of β-lactam (4-membered cyclic amide) rings is 1. The lowest BCUT2D eigenvalue weighted by Crippen LogP contribution is -2.61. The molecule has 0 aliphatic carbocycles. The second-order valence-corrected chi connectivity index (χ2v) is 8.71. The van der Waals surface area contributed by atoms with Gasteiger partial charge in [-0.25, -0.2) is 9.59 Å². The second-order valence-electron chi connectivity index (χ2n) is 8.71. The first-order valence-corrected chi connectivity index (χ1v) is 10.9. The summed E-state index contributed by atoms with van der Waals surface area (Å²) in [4.78, 5) is 55.3. The highest BCUT2D eigenvalue weighted by molar-refractivity contribution is 6.00.